The van der Waals surface area contributed by atoms with E-state index in [1.165, 1.54) is 17.7 Å². The van der Waals surface area contributed by atoms with Crippen LogP contribution >= 0.6 is 0 Å². The normalized spacial score (nSPS) is 11.6. The standard InChI is InChI=1S/C14H12F2N8O2/c1-6(8-3-4-9(15)10(16)5-8)18-20-14(25)11-7(2)24(23-19-11)13-12(17)21-26-22-13/h3-5H,1-2H3,(H2,17,21)(H,20,25). The summed E-state index contributed by atoms with van der Waals surface area (Å²) in [5.74, 6) is -2.57. The SMILES string of the molecule is CC(=NNC(=O)c1nnn(-c2nonc2N)c1C)c1ccc(F)c(F)c1. The fraction of sp³-hybridized carbons (Fsp3) is 0.143. The summed E-state index contributed by atoms with van der Waals surface area (Å²) in [7, 11) is 0. The van der Waals surface area contributed by atoms with Gasteiger partial charge in [-0.25, -0.2) is 18.8 Å². The van der Waals surface area contributed by atoms with E-state index in [0.717, 1.165) is 12.1 Å². The van der Waals surface area contributed by atoms with Crippen molar-refractivity contribution < 1.29 is 18.2 Å². The number of nitrogens with zero attached hydrogens (tertiary/aromatic N) is 6. The van der Waals surface area contributed by atoms with E-state index < -0.39 is 17.5 Å². The van der Waals surface area contributed by atoms with Crippen molar-refractivity contribution in [1.29, 1.82) is 0 Å². The van der Waals surface area contributed by atoms with Gasteiger partial charge >= 0.3 is 0 Å². The first-order valence-electron chi connectivity index (χ1n) is 7.19. The third-order valence-electron chi connectivity index (χ3n) is 3.47. The summed E-state index contributed by atoms with van der Waals surface area (Å²) in [6.07, 6.45) is 0. The Kier molecular flexibility index (Phi) is 4.39. The van der Waals surface area contributed by atoms with Gasteiger partial charge in [0.2, 0.25) is 11.6 Å². The molecule has 2 aromatic heterocycles. The van der Waals surface area contributed by atoms with Crippen LogP contribution in [0.1, 0.15) is 28.7 Å². The molecule has 0 aliphatic carbocycles. The molecule has 1 aromatic carbocycles. The van der Waals surface area contributed by atoms with Gasteiger partial charge in [0, 0.05) is 5.56 Å². The van der Waals surface area contributed by atoms with Crippen LogP contribution in [-0.4, -0.2) is 36.9 Å². The van der Waals surface area contributed by atoms with E-state index in [9.17, 15) is 13.6 Å². The van der Waals surface area contributed by atoms with Crippen LogP contribution in [0.2, 0.25) is 0 Å². The molecule has 134 valence electrons. The molecule has 10 nitrogen and oxygen atoms in total. The fourth-order valence-electron chi connectivity index (χ4n) is 2.05. The van der Waals surface area contributed by atoms with Crippen molar-refractivity contribution in [2.45, 2.75) is 13.8 Å². The van der Waals surface area contributed by atoms with Crippen molar-refractivity contribution in [3.63, 3.8) is 0 Å². The summed E-state index contributed by atoms with van der Waals surface area (Å²) < 4.78 is 31.9. The molecule has 3 rings (SSSR count). The molecule has 0 fully saturated rings. The zero-order valence-corrected chi connectivity index (χ0v) is 13.6. The number of nitrogens with two attached hydrogens (primary N) is 1. The summed E-state index contributed by atoms with van der Waals surface area (Å²) >= 11 is 0. The predicted octanol–water partition coefficient (Wildman–Crippen LogP) is 0.973. The van der Waals surface area contributed by atoms with Gasteiger partial charge in [0.1, 0.15) is 0 Å². The molecule has 0 radical (unpaired) electrons. The Balaban J connectivity index is 1.79. The number of hydrazone groups is 1. The Morgan fingerprint density at radius 2 is 2.08 bits per heavy atom. The second-order valence-electron chi connectivity index (χ2n) is 5.18. The Bertz CT molecular complexity index is 1010. The van der Waals surface area contributed by atoms with E-state index in [2.05, 4.69) is 35.8 Å². The van der Waals surface area contributed by atoms with Crippen molar-refractivity contribution in [2.75, 3.05) is 5.73 Å². The van der Waals surface area contributed by atoms with Gasteiger partial charge in [-0.2, -0.15) is 9.78 Å². The summed E-state index contributed by atoms with van der Waals surface area (Å²) in [6.45, 7) is 3.09. The second kappa shape index (κ2) is 6.66. The zero-order valence-electron chi connectivity index (χ0n) is 13.6. The van der Waals surface area contributed by atoms with Crippen LogP contribution in [0.3, 0.4) is 0 Å². The highest BCUT2D eigenvalue weighted by atomic mass is 19.2. The Morgan fingerprint density at radius 3 is 2.73 bits per heavy atom. The highest BCUT2D eigenvalue weighted by molar-refractivity contribution is 6.00. The average molecular weight is 362 g/mol. The molecule has 2 heterocycles. The van der Waals surface area contributed by atoms with Gasteiger partial charge < -0.3 is 5.73 Å². The predicted molar refractivity (Wildman–Crippen MR) is 84.4 cm³/mol. The Hall–Kier alpha value is -3.70. The van der Waals surface area contributed by atoms with Gasteiger partial charge in [-0.15, -0.1) is 5.10 Å². The molecule has 0 spiro atoms. The van der Waals surface area contributed by atoms with Crippen molar-refractivity contribution in [2.24, 2.45) is 5.10 Å². The molecule has 0 bridgehead atoms. The Labute approximate surface area is 144 Å². The second-order valence-corrected chi connectivity index (χ2v) is 5.18. The largest absolute Gasteiger partial charge is 0.378 e. The van der Waals surface area contributed by atoms with Crippen LogP contribution in [0.5, 0.6) is 0 Å². The average Bonchev–Trinajstić information content (AvgIpc) is 3.20. The van der Waals surface area contributed by atoms with E-state index in [1.807, 2.05) is 0 Å². The lowest BCUT2D eigenvalue weighted by Crippen LogP contribution is -2.21. The number of carbonyl (C=O) groups is 1. The third-order valence-corrected chi connectivity index (χ3v) is 3.47. The number of halogens is 2. The first kappa shape index (κ1) is 17.1. The number of nitrogen functional groups attached to an aromatic ring is 1. The lowest BCUT2D eigenvalue weighted by atomic mass is 10.1. The molecule has 1 amide bonds. The highest BCUT2D eigenvalue weighted by Crippen LogP contribution is 2.14. The minimum absolute atomic E-state index is 0.0165. The van der Waals surface area contributed by atoms with Crippen molar-refractivity contribution >= 4 is 17.4 Å². The van der Waals surface area contributed by atoms with E-state index in [4.69, 9.17) is 5.73 Å². The van der Waals surface area contributed by atoms with Crippen molar-refractivity contribution in [3.8, 4) is 5.82 Å². The monoisotopic (exact) mass is 362 g/mol. The molecule has 0 atom stereocenters. The topological polar surface area (TPSA) is 137 Å². The quantitative estimate of drug-likeness (QED) is 0.521. The molecule has 0 aliphatic rings. The first-order valence-corrected chi connectivity index (χ1v) is 7.19. The van der Waals surface area contributed by atoms with Crippen LogP contribution in [0, 0.1) is 18.6 Å². The molecule has 0 saturated carbocycles. The molecular formula is C14H12F2N8O2. The minimum Gasteiger partial charge on any atom is -0.378 e. The van der Waals surface area contributed by atoms with E-state index in [-0.39, 0.29) is 23.0 Å². The molecule has 3 aromatic rings. The van der Waals surface area contributed by atoms with Crippen LogP contribution in [0.15, 0.2) is 27.9 Å². The van der Waals surface area contributed by atoms with Crippen molar-refractivity contribution in [3.05, 3.63) is 46.8 Å². The lowest BCUT2D eigenvalue weighted by molar-refractivity contribution is 0.0949. The first-order chi connectivity index (χ1) is 12.4. The van der Waals surface area contributed by atoms with E-state index in [1.54, 1.807) is 6.92 Å². The summed E-state index contributed by atoms with van der Waals surface area (Å²) in [5, 5.41) is 18.4. The smallest absolute Gasteiger partial charge is 0.293 e. The number of nitrogens with one attached hydrogen (secondary N) is 1. The van der Waals surface area contributed by atoms with Gasteiger partial charge in [-0.05, 0) is 42.4 Å². The fourth-order valence-corrected chi connectivity index (χ4v) is 2.05. The van der Waals surface area contributed by atoms with Crippen LogP contribution < -0.4 is 11.2 Å². The molecule has 12 heteroatoms. The van der Waals surface area contributed by atoms with E-state index >= 15 is 0 Å². The summed E-state index contributed by atoms with van der Waals surface area (Å²) in [5.41, 5.74) is 8.72. The maximum absolute atomic E-state index is 13.3. The van der Waals surface area contributed by atoms with Gasteiger partial charge in [0.05, 0.1) is 11.4 Å². The van der Waals surface area contributed by atoms with Gasteiger partial charge in [-0.1, -0.05) is 5.21 Å². The Morgan fingerprint density at radius 1 is 1.31 bits per heavy atom. The minimum atomic E-state index is -1.01. The maximum Gasteiger partial charge on any atom is 0.293 e. The number of carbonyl (C=O) groups excluding carboxylic acids is 1. The lowest BCUT2D eigenvalue weighted by Gasteiger charge is -2.03. The third kappa shape index (κ3) is 3.11. The number of benzene rings is 1. The number of amides is 1. The molecule has 26 heavy (non-hydrogen) atoms. The summed E-state index contributed by atoms with van der Waals surface area (Å²) in [6, 6.07) is 3.28. The van der Waals surface area contributed by atoms with Crippen molar-refractivity contribution in [1.82, 2.24) is 30.7 Å². The molecule has 0 saturated heterocycles. The highest BCUT2D eigenvalue weighted by Gasteiger charge is 2.20. The number of anilines is 1. The summed E-state index contributed by atoms with van der Waals surface area (Å²) in [4.78, 5) is 12.2. The van der Waals surface area contributed by atoms with Gasteiger partial charge in [0.15, 0.2) is 17.3 Å². The molecule has 3 N–H and O–H groups in total. The number of aromatic nitrogens is 5. The number of hydrogen-bond donors (Lipinski definition) is 2. The van der Waals surface area contributed by atoms with Gasteiger partial charge in [-0.3, -0.25) is 4.79 Å². The molecule has 0 unspecified atom stereocenters. The maximum atomic E-state index is 13.3. The van der Waals surface area contributed by atoms with Crippen LogP contribution in [0.4, 0.5) is 14.6 Å². The number of hydrogen-bond acceptors (Lipinski definition) is 8. The van der Waals surface area contributed by atoms with Gasteiger partial charge in [0.25, 0.3) is 5.91 Å². The molecular weight excluding hydrogens is 350 g/mol. The van der Waals surface area contributed by atoms with Crippen LogP contribution in [-0.2, 0) is 0 Å². The number of rotatable bonds is 4. The molecule has 0 aliphatic heterocycles. The van der Waals surface area contributed by atoms with E-state index in [0.29, 0.717) is 11.3 Å². The zero-order chi connectivity index (χ0) is 18.8. The van der Waals surface area contributed by atoms with Crippen LogP contribution in [0.25, 0.3) is 5.82 Å².